The van der Waals surface area contributed by atoms with Gasteiger partial charge >= 0.3 is 0 Å². The van der Waals surface area contributed by atoms with Crippen molar-refractivity contribution in [1.29, 1.82) is 0 Å². The fraction of sp³-hybridized carbons (Fsp3) is 0.594. The molecule has 5 aliphatic rings. The maximum atomic E-state index is 13.5. The van der Waals surface area contributed by atoms with E-state index in [2.05, 4.69) is 16.4 Å². The van der Waals surface area contributed by atoms with Crippen molar-refractivity contribution in [3.05, 3.63) is 47.8 Å². The highest BCUT2D eigenvalue weighted by atomic mass is 16.5. The molecule has 41 heavy (non-hydrogen) atoms. The molecule has 1 aromatic heterocycles. The Kier molecular flexibility index (Phi) is 8.21. The SMILES string of the molecule is O=C1CCCN(C(=O)c2cc[nH]c2)CCCOc2cccc3c2OC[C@@]2(CN1)CN(C(=O)CC1CCCCC1)C[C@@H]32. The van der Waals surface area contributed by atoms with Crippen molar-refractivity contribution >= 4 is 17.7 Å². The van der Waals surface area contributed by atoms with E-state index in [1.807, 2.05) is 17.0 Å². The van der Waals surface area contributed by atoms with Crippen LogP contribution in [0.5, 0.6) is 11.5 Å². The third-order valence-electron chi connectivity index (χ3n) is 9.51. The summed E-state index contributed by atoms with van der Waals surface area (Å²) in [4.78, 5) is 46.4. The molecular formula is C32H42N4O5. The zero-order valence-corrected chi connectivity index (χ0v) is 23.9. The number of hydrogen-bond acceptors (Lipinski definition) is 5. The van der Waals surface area contributed by atoms with Crippen molar-refractivity contribution in [2.45, 2.75) is 63.7 Å². The van der Waals surface area contributed by atoms with Crippen LogP contribution in [-0.4, -0.2) is 78.4 Å². The predicted molar refractivity (Wildman–Crippen MR) is 154 cm³/mol. The van der Waals surface area contributed by atoms with Gasteiger partial charge in [0.05, 0.1) is 18.8 Å². The minimum Gasteiger partial charge on any atom is -0.490 e. The maximum Gasteiger partial charge on any atom is 0.255 e. The summed E-state index contributed by atoms with van der Waals surface area (Å²) in [6.45, 7) is 3.56. The first-order valence-electron chi connectivity index (χ1n) is 15.4. The highest BCUT2D eigenvalue weighted by molar-refractivity contribution is 5.94. The molecule has 2 N–H and O–H groups in total. The monoisotopic (exact) mass is 562 g/mol. The van der Waals surface area contributed by atoms with Crippen LogP contribution in [0.2, 0.25) is 0 Å². The molecule has 2 fully saturated rings. The van der Waals surface area contributed by atoms with Crippen LogP contribution >= 0.6 is 0 Å². The van der Waals surface area contributed by atoms with Crippen LogP contribution in [0.15, 0.2) is 36.7 Å². The second-order valence-corrected chi connectivity index (χ2v) is 12.3. The lowest BCUT2D eigenvalue weighted by Gasteiger charge is -2.40. The number of para-hydroxylation sites is 1. The first-order valence-corrected chi connectivity index (χ1v) is 15.4. The van der Waals surface area contributed by atoms with Crippen molar-refractivity contribution in [3.63, 3.8) is 0 Å². The zero-order valence-electron chi connectivity index (χ0n) is 23.9. The first-order chi connectivity index (χ1) is 20.0. The number of aromatic nitrogens is 1. The van der Waals surface area contributed by atoms with E-state index in [9.17, 15) is 14.4 Å². The number of carbonyl (C=O) groups excluding carboxylic acids is 3. The van der Waals surface area contributed by atoms with Gasteiger partial charge in [0.15, 0.2) is 11.5 Å². The molecule has 1 saturated carbocycles. The number of rotatable bonds is 3. The Bertz CT molecular complexity index is 1240. The molecule has 1 aliphatic carbocycles. The highest BCUT2D eigenvalue weighted by Gasteiger charge is 2.53. The summed E-state index contributed by atoms with van der Waals surface area (Å²) in [6, 6.07) is 7.77. The Balaban J connectivity index is 1.22. The van der Waals surface area contributed by atoms with Gasteiger partial charge in [-0.1, -0.05) is 31.4 Å². The number of aromatic amines is 1. The molecule has 7 rings (SSSR count). The Labute approximate surface area is 241 Å². The molecule has 2 aromatic rings. The lowest BCUT2D eigenvalue weighted by molar-refractivity contribution is -0.131. The van der Waals surface area contributed by atoms with Crippen LogP contribution in [0.4, 0.5) is 0 Å². The number of nitrogens with one attached hydrogen (secondary N) is 2. The van der Waals surface area contributed by atoms with Gasteiger partial charge in [-0.05, 0) is 43.7 Å². The number of carbonyl (C=O) groups is 3. The average Bonchev–Trinajstić information content (AvgIpc) is 3.66. The van der Waals surface area contributed by atoms with Gasteiger partial charge in [-0.2, -0.15) is 0 Å². The molecule has 9 nitrogen and oxygen atoms in total. The lowest BCUT2D eigenvalue weighted by Crippen LogP contribution is -2.48. The minimum absolute atomic E-state index is 0.0332. The van der Waals surface area contributed by atoms with E-state index in [-0.39, 0.29) is 23.6 Å². The second-order valence-electron chi connectivity index (χ2n) is 12.3. The topological polar surface area (TPSA) is 104 Å². The van der Waals surface area contributed by atoms with E-state index in [1.165, 1.54) is 19.3 Å². The first kappa shape index (κ1) is 27.7. The van der Waals surface area contributed by atoms with Gasteiger partial charge in [0.2, 0.25) is 11.8 Å². The van der Waals surface area contributed by atoms with E-state index >= 15 is 0 Å². The van der Waals surface area contributed by atoms with Gasteiger partial charge in [0.25, 0.3) is 5.91 Å². The predicted octanol–water partition coefficient (Wildman–Crippen LogP) is 4.11. The van der Waals surface area contributed by atoms with E-state index in [4.69, 9.17) is 9.47 Å². The smallest absolute Gasteiger partial charge is 0.255 e. The third-order valence-corrected chi connectivity index (χ3v) is 9.51. The Morgan fingerprint density at radius 3 is 2.68 bits per heavy atom. The van der Waals surface area contributed by atoms with Crippen LogP contribution in [0, 0.1) is 11.3 Å². The number of fused-ring (bicyclic) bond motifs is 11. The fourth-order valence-corrected chi connectivity index (χ4v) is 7.21. The van der Waals surface area contributed by atoms with Gasteiger partial charge in [-0.3, -0.25) is 14.4 Å². The molecular weight excluding hydrogens is 520 g/mol. The normalized spacial score (nSPS) is 25.7. The van der Waals surface area contributed by atoms with Crippen LogP contribution in [0.25, 0.3) is 0 Å². The van der Waals surface area contributed by atoms with Crippen molar-refractivity contribution in [2.75, 3.05) is 45.9 Å². The van der Waals surface area contributed by atoms with Crippen molar-refractivity contribution in [3.8, 4) is 11.5 Å². The quantitative estimate of drug-likeness (QED) is 0.586. The van der Waals surface area contributed by atoms with Crippen molar-refractivity contribution in [1.82, 2.24) is 20.1 Å². The number of benzene rings is 1. The number of ether oxygens (including phenoxy) is 2. The summed E-state index contributed by atoms with van der Waals surface area (Å²) in [5, 5.41) is 3.18. The molecule has 4 bridgehead atoms. The van der Waals surface area contributed by atoms with Crippen LogP contribution in [0.3, 0.4) is 0 Å². The van der Waals surface area contributed by atoms with Gasteiger partial charge in [0.1, 0.15) is 0 Å². The fourth-order valence-electron chi connectivity index (χ4n) is 7.21. The van der Waals surface area contributed by atoms with Gasteiger partial charge in [-0.15, -0.1) is 0 Å². The third kappa shape index (κ3) is 5.95. The molecule has 9 heteroatoms. The summed E-state index contributed by atoms with van der Waals surface area (Å²) in [5.74, 6) is 2.13. The highest BCUT2D eigenvalue weighted by Crippen LogP contribution is 2.52. The molecule has 2 atom stereocenters. The van der Waals surface area contributed by atoms with Crippen LogP contribution in [0.1, 0.15) is 79.6 Å². The minimum atomic E-state index is -0.392. The zero-order chi connectivity index (χ0) is 28.2. The number of H-pyrrole nitrogens is 1. The Morgan fingerprint density at radius 2 is 1.85 bits per heavy atom. The molecule has 0 unspecified atom stereocenters. The Morgan fingerprint density at radius 1 is 1.00 bits per heavy atom. The van der Waals surface area contributed by atoms with E-state index in [0.29, 0.717) is 88.9 Å². The molecule has 220 valence electrons. The lowest BCUT2D eigenvalue weighted by atomic mass is 9.73. The summed E-state index contributed by atoms with van der Waals surface area (Å²) in [6.07, 6.45) is 11.6. The van der Waals surface area contributed by atoms with E-state index in [1.54, 1.807) is 23.4 Å². The van der Waals surface area contributed by atoms with Crippen molar-refractivity contribution in [2.24, 2.45) is 11.3 Å². The van der Waals surface area contributed by atoms with E-state index in [0.717, 1.165) is 24.2 Å². The van der Waals surface area contributed by atoms with Gasteiger partial charge < -0.3 is 29.6 Å². The number of amides is 3. The second kappa shape index (κ2) is 12.2. The number of likely N-dealkylation sites (tertiary alicyclic amines) is 1. The molecule has 1 spiro atoms. The average molecular weight is 563 g/mol. The molecule has 1 saturated heterocycles. The van der Waals surface area contributed by atoms with Crippen LogP contribution < -0.4 is 14.8 Å². The molecule has 0 radical (unpaired) electrons. The largest absolute Gasteiger partial charge is 0.490 e. The molecule has 3 amide bonds. The summed E-state index contributed by atoms with van der Waals surface area (Å²) in [7, 11) is 0. The number of nitrogens with zero attached hydrogens (tertiary/aromatic N) is 2. The molecule has 1 aromatic carbocycles. The number of hydrogen-bond donors (Lipinski definition) is 2. The maximum absolute atomic E-state index is 13.5. The van der Waals surface area contributed by atoms with Crippen LogP contribution in [-0.2, 0) is 9.59 Å². The summed E-state index contributed by atoms with van der Waals surface area (Å²) < 4.78 is 12.6. The van der Waals surface area contributed by atoms with E-state index < -0.39 is 5.41 Å². The summed E-state index contributed by atoms with van der Waals surface area (Å²) >= 11 is 0. The molecule has 4 aliphatic heterocycles. The van der Waals surface area contributed by atoms with Gasteiger partial charge in [-0.25, -0.2) is 0 Å². The van der Waals surface area contributed by atoms with Gasteiger partial charge in [0, 0.05) is 74.9 Å². The summed E-state index contributed by atoms with van der Waals surface area (Å²) in [5.41, 5.74) is 1.27. The Hall–Kier alpha value is -3.49. The molecule has 5 heterocycles. The standard InChI is InChI=1S/C32H42N4O5/c37-28-11-5-14-35(31(39)24-12-13-33-18-24)15-6-16-40-27-10-4-9-25-26-19-36(29(38)17-23-7-2-1-3-8-23)21-32(26,20-34-28)22-41-30(25)27/h4,9-10,12-13,18,23,26,33H,1-3,5-8,11,14-17,19-22H2,(H,34,37)/t26-,32+/m0/s1. The van der Waals surface area contributed by atoms with Crippen molar-refractivity contribution < 1.29 is 23.9 Å².